The van der Waals surface area contributed by atoms with Crippen molar-refractivity contribution in [2.45, 2.75) is 59.3 Å². The molecule has 0 fully saturated rings. The first kappa shape index (κ1) is 31.5. The monoisotopic (exact) mass is 661 g/mol. The molecule has 9 rings (SSSR count). The van der Waals surface area contributed by atoms with E-state index in [1.165, 1.54) is 72.5 Å². The third-order valence-corrected chi connectivity index (χ3v) is 10.9. The second-order valence-electron chi connectivity index (χ2n) is 16.4. The van der Waals surface area contributed by atoms with Crippen LogP contribution >= 0.6 is 0 Å². The molecule has 3 nitrogen and oxygen atoms in total. The Labute approximate surface area is 302 Å². The van der Waals surface area contributed by atoms with Gasteiger partial charge in [0, 0.05) is 34.1 Å². The molecule has 0 saturated carbocycles. The van der Waals surface area contributed by atoms with E-state index in [1.54, 1.807) is 0 Å². The van der Waals surface area contributed by atoms with Crippen LogP contribution in [-0.2, 0) is 10.8 Å². The maximum Gasteiger partial charge on any atom is 0.255 e. The van der Waals surface area contributed by atoms with Crippen LogP contribution in [0.3, 0.4) is 0 Å². The largest absolute Gasteiger partial charge is 0.311 e. The molecular formula is C47H44BN3. The molecule has 3 heterocycles. The van der Waals surface area contributed by atoms with Crippen molar-refractivity contribution >= 4 is 68.3 Å². The highest BCUT2D eigenvalue weighted by molar-refractivity contribution is 7.01. The summed E-state index contributed by atoms with van der Waals surface area (Å²) in [4.78, 5) is 5.05. The molecule has 0 saturated heterocycles. The Morgan fingerprint density at radius 1 is 0.471 bits per heavy atom. The van der Waals surface area contributed by atoms with Crippen molar-refractivity contribution in [2.24, 2.45) is 0 Å². The number of nitrogens with zero attached hydrogens (tertiary/aromatic N) is 3. The van der Waals surface area contributed by atoms with Crippen LogP contribution < -0.4 is 26.2 Å². The van der Waals surface area contributed by atoms with Gasteiger partial charge < -0.3 is 4.90 Å². The molecule has 0 amide bonds. The Bertz CT molecular complexity index is 2440. The van der Waals surface area contributed by atoms with Gasteiger partial charge in [-0.25, -0.2) is 0 Å². The summed E-state index contributed by atoms with van der Waals surface area (Å²) >= 11 is 0. The normalized spacial score (nSPS) is 13.7. The average Bonchev–Trinajstić information content (AvgIpc) is 3.46. The van der Waals surface area contributed by atoms with Gasteiger partial charge in [-0.15, -0.1) is 0 Å². The summed E-state index contributed by atoms with van der Waals surface area (Å²) in [5.74, 6) is 1.21. The first-order valence-corrected chi connectivity index (χ1v) is 18.2. The van der Waals surface area contributed by atoms with Crippen LogP contribution in [0.1, 0.15) is 58.2 Å². The molecule has 0 unspecified atom stereocenters. The summed E-state index contributed by atoms with van der Waals surface area (Å²) in [7, 11) is 0. The molecule has 7 aromatic rings. The van der Waals surface area contributed by atoms with Crippen molar-refractivity contribution in [3.05, 3.63) is 156 Å². The highest BCUT2D eigenvalue weighted by Crippen LogP contribution is 2.47. The smallest absolute Gasteiger partial charge is 0.255 e. The Balaban J connectivity index is 1.40. The summed E-state index contributed by atoms with van der Waals surface area (Å²) in [6, 6.07) is 52.3. The molecule has 4 heteroatoms. The number of benzene rings is 6. The molecule has 0 aliphatic carbocycles. The van der Waals surface area contributed by atoms with E-state index < -0.39 is 0 Å². The quantitative estimate of drug-likeness (QED) is 0.175. The molecule has 0 N–H and O–H groups in total. The molecule has 2 aliphatic heterocycles. The van der Waals surface area contributed by atoms with E-state index in [-0.39, 0.29) is 17.5 Å². The second kappa shape index (κ2) is 11.3. The SMILES string of the molecule is Cc1cc2c3c(c1)N(c1ccc(C(C)(C)C)cc1)c1c(c4ccccc4n1-c1ccccc1)B3c1ccccc1N2c1ccc(C(C)(C)C)cc1. The van der Waals surface area contributed by atoms with Crippen molar-refractivity contribution in [1.82, 2.24) is 4.57 Å². The predicted octanol–water partition coefficient (Wildman–Crippen LogP) is 10.6. The van der Waals surface area contributed by atoms with Crippen LogP contribution in [0.4, 0.5) is 34.3 Å². The molecule has 0 bridgehead atoms. The van der Waals surface area contributed by atoms with Crippen LogP contribution in [0.15, 0.2) is 140 Å². The third kappa shape index (κ3) is 4.87. The number of aromatic nitrogens is 1. The predicted molar refractivity (Wildman–Crippen MR) is 219 cm³/mol. The number of anilines is 6. The van der Waals surface area contributed by atoms with Gasteiger partial charge in [0.05, 0.1) is 5.52 Å². The number of hydrogen-bond donors (Lipinski definition) is 0. The van der Waals surface area contributed by atoms with Crippen molar-refractivity contribution < 1.29 is 0 Å². The zero-order valence-electron chi connectivity index (χ0n) is 30.7. The minimum absolute atomic E-state index is 0.0480. The van der Waals surface area contributed by atoms with Gasteiger partial charge in [-0.05, 0) is 117 Å². The van der Waals surface area contributed by atoms with Crippen molar-refractivity contribution in [3.63, 3.8) is 0 Å². The lowest BCUT2D eigenvalue weighted by Gasteiger charge is -2.44. The summed E-state index contributed by atoms with van der Waals surface area (Å²) in [5, 5.41) is 1.28. The Morgan fingerprint density at radius 3 is 1.63 bits per heavy atom. The summed E-state index contributed by atoms with van der Waals surface area (Å²) in [5.41, 5.74) is 16.5. The van der Waals surface area contributed by atoms with Gasteiger partial charge in [-0.1, -0.05) is 120 Å². The van der Waals surface area contributed by atoms with Crippen LogP contribution in [-0.4, -0.2) is 11.3 Å². The molecule has 2 aliphatic rings. The third-order valence-electron chi connectivity index (χ3n) is 10.9. The van der Waals surface area contributed by atoms with E-state index in [0.717, 1.165) is 11.4 Å². The summed E-state index contributed by atoms with van der Waals surface area (Å²) in [6.45, 7) is 16.0. The number of para-hydroxylation sites is 3. The lowest BCUT2D eigenvalue weighted by molar-refractivity contribution is 0.590. The highest BCUT2D eigenvalue weighted by Gasteiger charge is 2.46. The fourth-order valence-electron chi connectivity index (χ4n) is 8.42. The molecule has 6 aromatic carbocycles. The zero-order chi connectivity index (χ0) is 35.2. The van der Waals surface area contributed by atoms with Gasteiger partial charge >= 0.3 is 0 Å². The van der Waals surface area contributed by atoms with E-state index in [2.05, 4.69) is 202 Å². The topological polar surface area (TPSA) is 11.4 Å². The maximum absolute atomic E-state index is 2.55. The Kier molecular flexibility index (Phi) is 6.96. The van der Waals surface area contributed by atoms with Gasteiger partial charge in [-0.3, -0.25) is 9.47 Å². The Hall–Kier alpha value is -5.48. The molecule has 51 heavy (non-hydrogen) atoms. The summed E-state index contributed by atoms with van der Waals surface area (Å²) < 4.78 is 2.49. The van der Waals surface area contributed by atoms with Gasteiger partial charge in [-0.2, -0.15) is 0 Å². The first-order chi connectivity index (χ1) is 24.5. The van der Waals surface area contributed by atoms with Crippen LogP contribution in [0.5, 0.6) is 0 Å². The molecular weight excluding hydrogens is 617 g/mol. The number of rotatable bonds is 3. The molecule has 250 valence electrons. The standard InChI is InChI=1S/C47H44BN3/c1-31-29-41-44-42(30-31)51(36-27-23-33(24-28-36)47(5,6)7)45-43(37-17-11-13-19-39(37)50(45)34-15-9-8-10-16-34)48(44)38-18-12-14-20-40(38)49(41)35-25-21-32(22-26-35)46(2,3)4/h8-30H,1-7H3. The van der Waals surface area contributed by atoms with Crippen molar-refractivity contribution in [1.29, 1.82) is 0 Å². The summed E-state index contributed by atoms with van der Waals surface area (Å²) in [6.07, 6.45) is 0. The Morgan fingerprint density at radius 2 is 1.00 bits per heavy atom. The number of fused-ring (bicyclic) bond motifs is 6. The van der Waals surface area contributed by atoms with Crippen molar-refractivity contribution in [2.75, 3.05) is 9.80 Å². The van der Waals surface area contributed by atoms with Gasteiger partial charge in [0.25, 0.3) is 6.71 Å². The maximum atomic E-state index is 2.55. The van der Waals surface area contributed by atoms with E-state index in [4.69, 9.17) is 0 Å². The van der Waals surface area contributed by atoms with Crippen molar-refractivity contribution in [3.8, 4) is 5.69 Å². The van der Waals surface area contributed by atoms with E-state index >= 15 is 0 Å². The number of aryl methyl sites for hydroxylation is 1. The fourth-order valence-corrected chi connectivity index (χ4v) is 8.42. The molecule has 0 radical (unpaired) electrons. The first-order valence-electron chi connectivity index (χ1n) is 18.2. The van der Waals surface area contributed by atoms with E-state index in [9.17, 15) is 0 Å². The van der Waals surface area contributed by atoms with Gasteiger partial charge in [0.2, 0.25) is 0 Å². The number of hydrogen-bond acceptors (Lipinski definition) is 2. The van der Waals surface area contributed by atoms with E-state index in [1.807, 2.05) is 0 Å². The molecule has 1 aromatic heterocycles. The van der Waals surface area contributed by atoms with Crippen LogP contribution in [0, 0.1) is 6.92 Å². The lowest BCUT2D eigenvalue weighted by atomic mass is 9.33. The fraction of sp³-hybridized carbons (Fsp3) is 0.191. The lowest BCUT2D eigenvalue weighted by Crippen LogP contribution is -2.61. The van der Waals surface area contributed by atoms with Gasteiger partial charge in [0.15, 0.2) is 0 Å². The minimum Gasteiger partial charge on any atom is -0.311 e. The van der Waals surface area contributed by atoms with E-state index in [0.29, 0.717) is 0 Å². The highest BCUT2D eigenvalue weighted by atomic mass is 15.3. The second-order valence-corrected chi connectivity index (χ2v) is 16.4. The van der Waals surface area contributed by atoms with Crippen LogP contribution in [0.25, 0.3) is 16.6 Å². The van der Waals surface area contributed by atoms with Crippen LogP contribution in [0.2, 0.25) is 0 Å². The zero-order valence-corrected chi connectivity index (χ0v) is 30.7. The molecule has 0 atom stereocenters. The minimum atomic E-state index is 0.0480. The molecule has 0 spiro atoms. The average molecular weight is 662 g/mol. The van der Waals surface area contributed by atoms with Gasteiger partial charge in [0.1, 0.15) is 5.82 Å².